The van der Waals surface area contributed by atoms with Crippen LogP contribution < -0.4 is 11.0 Å². The van der Waals surface area contributed by atoms with Gasteiger partial charge in [0.15, 0.2) is 0 Å². The van der Waals surface area contributed by atoms with Crippen LogP contribution in [0.4, 0.5) is 0 Å². The molecule has 86 valence electrons. The van der Waals surface area contributed by atoms with Crippen molar-refractivity contribution in [2.45, 2.75) is 64.7 Å². The first-order chi connectivity index (χ1) is 6.91. The summed E-state index contributed by atoms with van der Waals surface area (Å²) in [6, 6.07) is 0. The highest BCUT2D eigenvalue weighted by Gasteiger charge is 1.91. The Morgan fingerprint density at radius 1 is 0.786 bits per heavy atom. The molecule has 0 unspecified atom stereocenters. The van der Waals surface area contributed by atoms with E-state index in [4.69, 9.17) is 5.21 Å². The summed E-state index contributed by atoms with van der Waals surface area (Å²) in [7, 11) is 0. The maximum Gasteiger partial charge on any atom is 0.0122 e. The Bertz CT molecular complexity index is 87.3. The maximum atomic E-state index is 8.23. The van der Waals surface area contributed by atoms with E-state index < -0.39 is 0 Å². The third kappa shape index (κ3) is 11.9. The van der Waals surface area contributed by atoms with Crippen molar-refractivity contribution in [2.24, 2.45) is 0 Å². The molecule has 0 aliphatic rings. The topological polar surface area (TPSA) is 44.3 Å². The Hall–Kier alpha value is -0.120. The summed E-state index contributed by atoms with van der Waals surface area (Å²) >= 11 is 0. The number of hydrogen-bond acceptors (Lipinski definition) is 3. The fraction of sp³-hybridized carbons (Fsp3) is 1.00. The molecule has 0 aromatic heterocycles. The Morgan fingerprint density at radius 2 is 1.29 bits per heavy atom. The molecule has 3 N–H and O–H groups in total. The van der Waals surface area contributed by atoms with Crippen molar-refractivity contribution in [1.82, 2.24) is 11.0 Å². The first-order valence-electron chi connectivity index (χ1n) is 6.03. The summed E-state index contributed by atoms with van der Waals surface area (Å²) in [5, 5.41) is 8.23. The fourth-order valence-corrected chi connectivity index (χ4v) is 1.58. The van der Waals surface area contributed by atoms with Crippen LogP contribution in [0.15, 0.2) is 0 Å². The number of unbranched alkanes of at least 4 members (excludes halogenated alkanes) is 8. The first-order valence-corrected chi connectivity index (χ1v) is 6.03. The largest absolute Gasteiger partial charge is 0.302 e. The Balaban J connectivity index is 2.78. The summed E-state index contributed by atoms with van der Waals surface area (Å²) in [6.07, 6.45) is 12.1. The average Bonchev–Trinajstić information content (AvgIpc) is 2.21. The van der Waals surface area contributed by atoms with Crippen molar-refractivity contribution in [3.8, 4) is 0 Å². The molecule has 0 bridgehead atoms. The number of hydrogen-bond donors (Lipinski definition) is 3. The van der Waals surface area contributed by atoms with Crippen LogP contribution in [0.25, 0.3) is 0 Å². The van der Waals surface area contributed by atoms with Gasteiger partial charge in [-0.2, -0.15) is 0 Å². The van der Waals surface area contributed by atoms with E-state index in [0.29, 0.717) is 0 Å². The van der Waals surface area contributed by atoms with Gasteiger partial charge in [0.1, 0.15) is 0 Å². The smallest absolute Gasteiger partial charge is 0.0122 e. The number of nitrogens with one attached hydrogen (secondary N) is 2. The van der Waals surface area contributed by atoms with Crippen LogP contribution in [0.1, 0.15) is 64.7 Å². The van der Waals surface area contributed by atoms with Crippen LogP contribution in [0, 0.1) is 0 Å². The van der Waals surface area contributed by atoms with Crippen LogP contribution in [0.5, 0.6) is 0 Å². The highest BCUT2D eigenvalue weighted by atomic mass is 16.5. The van der Waals surface area contributed by atoms with E-state index in [2.05, 4.69) is 12.3 Å². The molecule has 0 saturated heterocycles. The molecule has 0 fully saturated rings. The number of hydrazine groups is 1. The minimum Gasteiger partial charge on any atom is -0.302 e. The lowest BCUT2D eigenvalue weighted by Crippen LogP contribution is -2.28. The molecule has 0 aromatic rings. The standard InChI is InChI=1S/C11H26N2O/c1-2-3-4-5-6-7-8-9-10-11-12-13-14/h12-14H,2-11H2,1H3. The van der Waals surface area contributed by atoms with Gasteiger partial charge in [-0.3, -0.25) is 0 Å². The third-order valence-corrected chi connectivity index (χ3v) is 2.48. The van der Waals surface area contributed by atoms with Crippen LogP contribution in [-0.4, -0.2) is 11.8 Å². The molecule has 0 aromatic carbocycles. The van der Waals surface area contributed by atoms with Crippen LogP contribution in [0.2, 0.25) is 0 Å². The molecule has 14 heavy (non-hydrogen) atoms. The van der Waals surface area contributed by atoms with Crippen LogP contribution >= 0.6 is 0 Å². The molecule has 0 heterocycles. The second-order valence-corrected chi connectivity index (χ2v) is 3.87. The zero-order chi connectivity index (χ0) is 10.5. The van der Waals surface area contributed by atoms with E-state index in [1.54, 1.807) is 0 Å². The molecule has 0 rings (SSSR count). The normalized spacial score (nSPS) is 10.7. The SMILES string of the molecule is CCCCCCCCCCCNNO. The van der Waals surface area contributed by atoms with Gasteiger partial charge in [-0.25, -0.2) is 5.43 Å². The molecule has 0 radical (unpaired) electrons. The summed E-state index contributed by atoms with van der Waals surface area (Å²) in [4.78, 5) is 0. The van der Waals surface area contributed by atoms with Crippen LogP contribution in [0.3, 0.4) is 0 Å². The van der Waals surface area contributed by atoms with Gasteiger partial charge >= 0.3 is 0 Å². The van der Waals surface area contributed by atoms with E-state index in [0.717, 1.165) is 13.0 Å². The second-order valence-electron chi connectivity index (χ2n) is 3.87. The molecule has 3 nitrogen and oxygen atoms in total. The Labute approximate surface area is 88.2 Å². The Morgan fingerprint density at radius 3 is 1.79 bits per heavy atom. The van der Waals surface area contributed by atoms with Crippen molar-refractivity contribution in [1.29, 1.82) is 0 Å². The van der Waals surface area contributed by atoms with Gasteiger partial charge in [0, 0.05) is 6.54 Å². The zero-order valence-electron chi connectivity index (χ0n) is 9.52. The van der Waals surface area contributed by atoms with E-state index in [1.165, 1.54) is 51.4 Å². The molecular weight excluding hydrogens is 176 g/mol. The van der Waals surface area contributed by atoms with Gasteiger partial charge in [0.05, 0.1) is 0 Å². The molecule has 0 aliphatic heterocycles. The van der Waals surface area contributed by atoms with E-state index in [1.807, 2.05) is 5.59 Å². The van der Waals surface area contributed by atoms with E-state index in [-0.39, 0.29) is 0 Å². The third-order valence-electron chi connectivity index (χ3n) is 2.48. The van der Waals surface area contributed by atoms with Crippen molar-refractivity contribution in [3.63, 3.8) is 0 Å². The summed E-state index contributed by atoms with van der Waals surface area (Å²) in [5.41, 5.74) is 4.62. The predicted octanol–water partition coefficient (Wildman–Crippen LogP) is 3.00. The van der Waals surface area contributed by atoms with Gasteiger partial charge in [-0.15, -0.1) is 5.59 Å². The van der Waals surface area contributed by atoms with E-state index >= 15 is 0 Å². The lowest BCUT2D eigenvalue weighted by atomic mass is 10.1. The minimum atomic E-state index is 0.854. The van der Waals surface area contributed by atoms with Gasteiger partial charge in [-0.05, 0) is 6.42 Å². The van der Waals surface area contributed by atoms with Crippen molar-refractivity contribution < 1.29 is 5.21 Å². The average molecular weight is 202 g/mol. The quantitative estimate of drug-likeness (QED) is 0.356. The molecular formula is C11H26N2O. The highest BCUT2D eigenvalue weighted by molar-refractivity contribution is 4.47. The van der Waals surface area contributed by atoms with Crippen molar-refractivity contribution in [2.75, 3.05) is 6.54 Å². The molecule has 0 amide bonds. The lowest BCUT2D eigenvalue weighted by molar-refractivity contribution is 0.120. The molecule has 0 spiro atoms. The molecule has 0 aliphatic carbocycles. The summed E-state index contributed by atoms with van der Waals surface area (Å²) in [6.45, 7) is 3.11. The van der Waals surface area contributed by atoms with Gasteiger partial charge < -0.3 is 5.21 Å². The minimum absolute atomic E-state index is 0.854. The van der Waals surface area contributed by atoms with Crippen LogP contribution in [-0.2, 0) is 0 Å². The summed E-state index contributed by atoms with van der Waals surface area (Å²) < 4.78 is 0. The van der Waals surface area contributed by atoms with Crippen molar-refractivity contribution >= 4 is 0 Å². The van der Waals surface area contributed by atoms with Gasteiger partial charge in [0.25, 0.3) is 0 Å². The van der Waals surface area contributed by atoms with Crippen molar-refractivity contribution in [3.05, 3.63) is 0 Å². The molecule has 3 heteroatoms. The fourth-order valence-electron chi connectivity index (χ4n) is 1.58. The second kappa shape index (κ2) is 12.9. The van der Waals surface area contributed by atoms with E-state index in [9.17, 15) is 0 Å². The highest BCUT2D eigenvalue weighted by Crippen LogP contribution is 2.08. The molecule has 0 atom stereocenters. The number of rotatable bonds is 11. The van der Waals surface area contributed by atoms with Gasteiger partial charge in [-0.1, -0.05) is 58.3 Å². The summed E-state index contributed by atoms with van der Waals surface area (Å²) in [5.74, 6) is 0. The lowest BCUT2D eigenvalue weighted by Gasteiger charge is -2.02. The zero-order valence-corrected chi connectivity index (χ0v) is 9.52. The monoisotopic (exact) mass is 202 g/mol. The molecule has 0 saturated carbocycles. The maximum absolute atomic E-state index is 8.23. The first kappa shape index (κ1) is 13.9. The Kier molecular flexibility index (Phi) is 12.8. The van der Waals surface area contributed by atoms with Gasteiger partial charge in [0.2, 0.25) is 0 Å². The predicted molar refractivity (Wildman–Crippen MR) is 60.2 cm³/mol.